The van der Waals surface area contributed by atoms with Crippen LogP contribution in [-0.4, -0.2) is 43.4 Å². The lowest BCUT2D eigenvalue weighted by atomic mass is 10.2. The smallest absolute Gasteiger partial charge is 0.328 e. The Morgan fingerprint density at radius 2 is 1.60 bits per heavy atom. The molecule has 0 aliphatic heterocycles. The number of nitrogens with zero attached hydrogens (tertiary/aromatic N) is 3. The van der Waals surface area contributed by atoms with Crippen LogP contribution in [0.15, 0.2) is 78.0 Å². The summed E-state index contributed by atoms with van der Waals surface area (Å²) in [5, 5.41) is 17.5. The van der Waals surface area contributed by atoms with Crippen molar-refractivity contribution in [1.29, 1.82) is 0 Å². The number of nitrogens with one attached hydrogen (secondary N) is 2. The first-order valence-corrected chi connectivity index (χ1v) is 9.72. The molecule has 0 saturated heterocycles. The van der Waals surface area contributed by atoms with E-state index in [1.54, 1.807) is 0 Å². The van der Waals surface area contributed by atoms with Crippen LogP contribution >= 0.6 is 11.8 Å². The van der Waals surface area contributed by atoms with Gasteiger partial charge in [0.25, 0.3) is 5.91 Å². The molecule has 3 rings (SSSR count). The molecule has 0 aliphatic rings. The highest BCUT2D eigenvalue weighted by molar-refractivity contribution is 7.99. The van der Waals surface area contributed by atoms with Gasteiger partial charge in [0, 0.05) is 23.4 Å². The van der Waals surface area contributed by atoms with Crippen molar-refractivity contribution in [2.75, 3.05) is 5.75 Å². The van der Waals surface area contributed by atoms with Gasteiger partial charge in [-0.3, -0.25) is 25.0 Å². The number of rotatable bonds is 7. The summed E-state index contributed by atoms with van der Waals surface area (Å²) in [5.74, 6) is -1.91. The van der Waals surface area contributed by atoms with E-state index in [1.165, 1.54) is 0 Å². The number of carboxylic acids is 1. The largest absolute Gasteiger partial charge is 0.478 e. The fourth-order valence-electron chi connectivity index (χ4n) is 2.43. The zero-order chi connectivity index (χ0) is 21.3. The van der Waals surface area contributed by atoms with E-state index in [2.05, 4.69) is 21.0 Å². The number of carbonyl (C=O) groups excluding carboxylic acids is 2. The van der Waals surface area contributed by atoms with E-state index in [1.807, 2.05) is 65.2 Å². The third-order valence-corrected chi connectivity index (χ3v) is 4.64. The van der Waals surface area contributed by atoms with Crippen LogP contribution in [-0.2, 0) is 14.4 Å². The Kier molecular flexibility index (Phi) is 6.95. The molecule has 2 aromatic carbocycles. The van der Waals surface area contributed by atoms with Crippen LogP contribution in [0, 0.1) is 0 Å². The maximum atomic E-state index is 12.0. The second-order valence-corrected chi connectivity index (χ2v) is 6.78. The SMILES string of the molecule is O=C(O)/C=C/C(=O)NNC(=O)CSc1nnc(-c2ccccc2)n1-c1ccccc1. The second kappa shape index (κ2) is 10.0. The van der Waals surface area contributed by atoms with Crippen molar-refractivity contribution in [3.05, 3.63) is 72.8 Å². The molecule has 1 aromatic heterocycles. The summed E-state index contributed by atoms with van der Waals surface area (Å²) in [6, 6.07) is 19.1. The van der Waals surface area contributed by atoms with E-state index in [0.29, 0.717) is 17.1 Å². The average Bonchev–Trinajstić information content (AvgIpc) is 3.20. The highest BCUT2D eigenvalue weighted by Gasteiger charge is 2.17. The number of hydrogen-bond donors (Lipinski definition) is 3. The van der Waals surface area contributed by atoms with Crippen LogP contribution in [0.1, 0.15) is 0 Å². The van der Waals surface area contributed by atoms with E-state index in [-0.39, 0.29) is 5.75 Å². The molecule has 0 fully saturated rings. The van der Waals surface area contributed by atoms with Crippen molar-refractivity contribution in [2.24, 2.45) is 0 Å². The van der Waals surface area contributed by atoms with Crippen molar-refractivity contribution in [3.8, 4) is 17.1 Å². The number of hydrogen-bond acceptors (Lipinski definition) is 6. The Hall–Kier alpha value is -3.92. The van der Waals surface area contributed by atoms with Crippen molar-refractivity contribution in [3.63, 3.8) is 0 Å². The number of hydrazine groups is 1. The molecular weight excluding hydrogens is 406 g/mol. The molecule has 0 unspecified atom stereocenters. The highest BCUT2D eigenvalue weighted by atomic mass is 32.2. The van der Waals surface area contributed by atoms with Crippen LogP contribution in [0.3, 0.4) is 0 Å². The Morgan fingerprint density at radius 3 is 2.27 bits per heavy atom. The fraction of sp³-hybridized carbons (Fsp3) is 0.0500. The normalized spacial score (nSPS) is 10.7. The molecule has 0 bridgehead atoms. The van der Waals surface area contributed by atoms with Gasteiger partial charge >= 0.3 is 5.97 Å². The predicted octanol–water partition coefficient (Wildman–Crippen LogP) is 1.81. The standard InChI is InChI=1S/C20H17N5O4S/c26-16(11-12-18(28)29)21-22-17(27)13-30-20-24-23-19(14-7-3-1-4-8-14)25(20)15-9-5-2-6-10-15/h1-12H,13H2,(H,21,26)(H,22,27)(H,28,29)/b12-11+. The first-order chi connectivity index (χ1) is 14.5. The van der Waals surface area contributed by atoms with Gasteiger partial charge in [0.2, 0.25) is 5.91 Å². The number of carboxylic acid groups (broad SMARTS) is 1. The number of aromatic nitrogens is 3. The summed E-state index contributed by atoms with van der Waals surface area (Å²) < 4.78 is 1.85. The topological polar surface area (TPSA) is 126 Å². The highest BCUT2D eigenvalue weighted by Crippen LogP contribution is 2.27. The zero-order valence-electron chi connectivity index (χ0n) is 15.6. The summed E-state index contributed by atoms with van der Waals surface area (Å²) in [6.45, 7) is 0. The molecule has 152 valence electrons. The first-order valence-electron chi connectivity index (χ1n) is 8.73. The lowest BCUT2D eigenvalue weighted by molar-refractivity contribution is -0.131. The van der Waals surface area contributed by atoms with Crippen molar-refractivity contribution in [1.82, 2.24) is 25.6 Å². The monoisotopic (exact) mass is 423 g/mol. The van der Waals surface area contributed by atoms with Gasteiger partial charge in [-0.05, 0) is 12.1 Å². The molecule has 0 saturated carbocycles. The van der Waals surface area contributed by atoms with E-state index >= 15 is 0 Å². The van der Waals surface area contributed by atoms with E-state index in [0.717, 1.165) is 29.1 Å². The number of aliphatic carboxylic acids is 1. The zero-order valence-corrected chi connectivity index (χ0v) is 16.4. The number of amides is 2. The number of carbonyl (C=O) groups is 3. The van der Waals surface area contributed by atoms with Gasteiger partial charge < -0.3 is 5.11 Å². The molecule has 1 heterocycles. The lowest BCUT2D eigenvalue weighted by Gasteiger charge is -2.10. The van der Waals surface area contributed by atoms with Crippen LogP contribution in [0.2, 0.25) is 0 Å². The summed E-state index contributed by atoms with van der Waals surface area (Å²) in [6.07, 6.45) is 1.47. The Labute approximate surface area is 175 Å². The minimum Gasteiger partial charge on any atom is -0.478 e. The van der Waals surface area contributed by atoms with Crippen LogP contribution in [0.5, 0.6) is 0 Å². The number of para-hydroxylation sites is 1. The number of benzene rings is 2. The third-order valence-electron chi connectivity index (χ3n) is 3.71. The number of thioether (sulfide) groups is 1. The third kappa shape index (κ3) is 5.55. The van der Waals surface area contributed by atoms with E-state index in [9.17, 15) is 14.4 Å². The van der Waals surface area contributed by atoms with Crippen molar-refractivity contribution in [2.45, 2.75) is 5.16 Å². The molecule has 0 aliphatic carbocycles. The van der Waals surface area contributed by atoms with Crippen LogP contribution in [0.4, 0.5) is 0 Å². The molecule has 0 spiro atoms. The molecule has 0 atom stereocenters. The molecular formula is C20H17N5O4S. The average molecular weight is 423 g/mol. The summed E-state index contributed by atoms with van der Waals surface area (Å²) in [7, 11) is 0. The van der Waals surface area contributed by atoms with Gasteiger partial charge in [-0.2, -0.15) is 0 Å². The van der Waals surface area contributed by atoms with Gasteiger partial charge in [0.1, 0.15) is 0 Å². The van der Waals surface area contributed by atoms with Crippen LogP contribution in [0.25, 0.3) is 17.1 Å². The maximum Gasteiger partial charge on any atom is 0.328 e. The Morgan fingerprint density at radius 1 is 0.933 bits per heavy atom. The summed E-state index contributed by atoms with van der Waals surface area (Å²) in [4.78, 5) is 33.8. The van der Waals surface area contributed by atoms with Gasteiger partial charge in [0.05, 0.1) is 5.75 Å². The minimum absolute atomic E-state index is 0.0390. The van der Waals surface area contributed by atoms with Gasteiger partial charge in [-0.15, -0.1) is 10.2 Å². The molecule has 0 radical (unpaired) electrons. The Balaban J connectivity index is 1.72. The molecule has 30 heavy (non-hydrogen) atoms. The minimum atomic E-state index is -1.26. The van der Waals surface area contributed by atoms with Gasteiger partial charge in [-0.25, -0.2) is 4.79 Å². The molecule has 3 aromatic rings. The van der Waals surface area contributed by atoms with E-state index in [4.69, 9.17) is 5.11 Å². The van der Waals surface area contributed by atoms with Crippen LogP contribution < -0.4 is 10.9 Å². The van der Waals surface area contributed by atoms with Crippen molar-refractivity contribution >= 4 is 29.5 Å². The fourth-order valence-corrected chi connectivity index (χ4v) is 3.19. The van der Waals surface area contributed by atoms with Gasteiger partial charge in [-0.1, -0.05) is 60.3 Å². The van der Waals surface area contributed by atoms with Crippen molar-refractivity contribution < 1.29 is 19.5 Å². The quantitative estimate of drug-likeness (QED) is 0.301. The first kappa shape index (κ1) is 20.8. The molecule has 3 N–H and O–H groups in total. The lowest BCUT2D eigenvalue weighted by Crippen LogP contribution is -2.41. The molecule has 9 nitrogen and oxygen atoms in total. The molecule has 10 heteroatoms. The second-order valence-electron chi connectivity index (χ2n) is 5.84. The summed E-state index contributed by atoms with van der Waals surface area (Å²) in [5.41, 5.74) is 6.04. The molecule has 2 amide bonds. The Bertz CT molecular complexity index is 1070. The van der Waals surface area contributed by atoms with E-state index < -0.39 is 17.8 Å². The maximum absolute atomic E-state index is 12.0. The van der Waals surface area contributed by atoms with Gasteiger partial charge in [0.15, 0.2) is 11.0 Å². The summed E-state index contributed by atoms with van der Waals surface area (Å²) >= 11 is 1.15. The predicted molar refractivity (Wildman–Crippen MR) is 111 cm³/mol.